The van der Waals surface area contributed by atoms with Gasteiger partial charge in [-0.1, -0.05) is 29.8 Å². The third-order valence-electron chi connectivity index (χ3n) is 2.10. The van der Waals surface area contributed by atoms with Gasteiger partial charge in [-0.2, -0.15) is 0 Å². The van der Waals surface area contributed by atoms with E-state index in [4.69, 9.17) is 22.1 Å². The van der Waals surface area contributed by atoms with Crippen molar-refractivity contribution < 1.29 is 4.74 Å². The Labute approximate surface area is 98.8 Å². The Morgan fingerprint density at radius 2 is 2.00 bits per heavy atom. The van der Waals surface area contributed by atoms with Crippen LogP contribution in [-0.2, 0) is 6.54 Å². The number of rotatable bonds is 3. The van der Waals surface area contributed by atoms with Crippen LogP contribution in [0.25, 0.3) is 0 Å². The van der Waals surface area contributed by atoms with Crippen molar-refractivity contribution in [1.82, 2.24) is 4.98 Å². The van der Waals surface area contributed by atoms with Gasteiger partial charge in [0.1, 0.15) is 16.7 Å². The third-order valence-corrected chi connectivity index (χ3v) is 2.31. The molecule has 2 N–H and O–H groups in total. The van der Waals surface area contributed by atoms with E-state index in [0.29, 0.717) is 17.4 Å². The standard InChI is InChI=1S/C12H11ClN2O/c13-12-6-11(9(7-14)8-15-12)16-10-4-2-1-3-5-10/h1-6,8H,7,14H2. The largest absolute Gasteiger partial charge is 0.457 e. The Bertz CT molecular complexity index is 474. The van der Waals surface area contributed by atoms with Gasteiger partial charge in [-0.15, -0.1) is 0 Å². The monoisotopic (exact) mass is 234 g/mol. The van der Waals surface area contributed by atoms with Crippen molar-refractivity contribution in [1.29, 1.82) is 0 Å². The Balaban J connectivity index is 2.30. The molecule has 1 aromatic carbocycles. The van der Waals surface area contributed by atoms with Crippen LogP contribution < -0.4 is 10.5 Å². The lowest BCUT2D eigenvalue weighted by Gasteiger charge is -2.09. The van der Waals surface area contributed by atoms with E-state index in [-0.39, 0.29) is 0 Å². The van der Waals surface area contributed by atoms with Crippen LogP contribution in [0.4, 0.5) is 0 Å². The van der Waals surface area contributed by atoms with Crippen molar-refractivity contribution in [3.63, 3.8) is 0 Å². The summed E-state index contributed by atoms with van der Waals surface area (Å²) >= 11 is 5.81. The summed E-state index contributed by atoms with van der Waals surface area (Å²) in [6, 6.07) is 11.1. The summed E-state index contributed by atoms with van der Waals surface area (Å²) in [6.45, 7) is 0.367. The summed E-state index contributed by atoms with van der Waals surface area (Å²) in [5.41, 5.74) is 6.42. The lowest BCUT2D eigenvalue weighted by atomic mass is 10.2. The van der Waals surface area contributed by atoms with E-state index < -0.39 is 0 Å². The third kappa shape index (κ3) is 2.51. The molecule has 1 heterocycles. The Kier molecular flexibility index (Phi) is 3.39. The van der Waals surface area contributed by atoms with E-state index in [9.17, 15) is 0 Å². The van der Waals surface area contributed by atoms with Crippen molar-refractivity contribution >= 4 is 11.6 Å². The molecule has 2 rings (SSSR count). The van der Waals surface area contributed by atoms with Crippen LogP contribution >= 0.6 is 11.6 Å². The zero-order valence-corrected chi connectivity index (χ0v) is 9.32. The summed E-state index contributed by atoms with van der Waals surface area (Å²) in [5.74, 6) is 1.40. The summed E-state index contributed by atoms with van der Waals surface area (Å²) in [7, 11) is 0. The van der Waals surface area contributed by atoms with Crippen molar-refractivity contribution in [2.75, 3.05) is 0 Å². The molecule has 0 amide bonds. The Hall–Kier alpha value is -1.58. The predicted octanol–water partition coefficient (Wildman–Crippen LogP) is 2.99. The summed E-state index contributed by atoms with van der Waals surface area (Å²) in [4.78, 5) is 3.96. The van der Waals surface area contributed by atoms with E-state index in [2.05, 4.69) is 4.98 Å². The second-order valence-electron chi connectivity index (χ2n) is 3.23. The second-order valence-corrected chi connectivity index (χ2v) is 3.62. The number of benzene rings is 1. The molecule has 3 nitrogen and oxygen atoms in total. The number of halogens is 1. The molecule has 82 valence electrons. The van der Waals surface area contributed by atoms with E-state index in [1.807, 2.05) is 30.3 Å². The van der Waals surface area contributed by atoms with E-state index in [1.54, 1.807) is 12.3 Å². The Morgan fingerprint density at radius 3 is 2.69 bits per heavy atom. The quantitative estimate of drug-likeness (QED) is 0.831. The van der Waals surface area contributed by atoms with Gasteiger partial charge in [0, 0.05) is 24.4 Å². The number of pyridine rings is 1. The lowest BCUT2D eigenvalue weighted by molar-refractivity contribution is 0.475. The van der Waals surface area contributed by atoms with Crippen molar-refractivity contribution in [3.8, 4) is 11.5 Å². The van der Waals surface area contributed by atoms with E-state index in [0.717, 1.165) is 11.3 Å². The summed E-state index contributed by atoms with van der Waals surface area (Å²) in [6.07, 6.45) is 1.63. The number of nitrogens with two attached hydrogens (primary N) is 1. The number of hydrogen-bond donors (Lipinski definition) is 1. The molecule has 0 aliphatic carbocycles. The smallest absolute Gasteiger partial charge is 0.136 e. The van der Waals surface area contributed by atoms with Crippen LogP contribution in [0.3, 0.4) is 0 Å². The minimum absolute atomic E-state index is 0.367. The predicted molar refractivity (Wildman–Crippen MR) is 63.7 cm³/mol. The van der Waals surface area contributed by atoms with E-state index >= 15 is 0 Å². The van der Waals surface area contributed by atoms with Gasteiger partial charge in [-0.25, -0.2) is 4.98 Å². The van der Waals surface area contributed by atoms with Crippen molar-refractivity contribution in [2.45, 2.75) is 6.54 Å². The minimum Gasteiger partial charge on any atom is -0.457 e. The topological polar surface area (TPSA) is 48.1 Å². The van der Waals surface area contributed by atoms with Crippen LogP contribution in [0.15, 0.2) is 42.6 Å². The maximum atomic E-state index is 5.81. The van der Waals surface area contributed by atoms with Crippen molar-refractivity contribution in [2.24, 2.45) is 5.73 Å². The second kappa shape index (κ2) is 4.96. The fraction of sp³-hybridized carbons (Fsp3) is 0.0833. The molecule has 0 aliphatic heterocycles. The molecular weight excluding hydrogens is 224 g/mol. The maximum Gasteiger partial charge on any atom is 0.136 e. The van der Waals surface area contributed by atoms with Gasteiger partial charge >= 0.3 is 0 Å². The van der Waals surface area contributed by atoms with Gasteiger partial charge in [0.05, 0.1) is 0 Å². The highest BCUT2D eigenvalue weighted by Gasteiger charge is 2.05. The van der Waals surface area contributed by atoms with Gasteiger partial charge in [-0.3, -0.25) is 0 Å². The van der Waals surface area contributed by atoms with Gasteiger partial charge < -0.3 is 10.5 Å². The molecule has 1 aromatic heterocycles. The van der Waals surface area contributed by atoms with Crippen molar-refractivity contribution in [3.05, 3.63) is 53.3 Å². The normalized spacial score (nSPS) is 10.1. The van der Waals surface area contributed by atoms with Crippen LogP contribution in [0.5, 0.6) is 11.5 Å². The lowest BCUT2D eigenvalue weighted by Crippen LogP contribution is -2.00. The fourth-order valence-corrected chi connectivity index (χ4v) is 1.45. The highest BCUT2D eigenvalue weighted by atomic mass is 35.5. The molecule has 0 saturated carbocycles. The molecular formula is C12H11ClN2O. The van der Waals surface area contributed by atoms with E-state index in [1.165, 1.54) is 0 Å². The first kappa shape index (κ1) is 10.9. The molecule has 0 radical (unpaired) electrons. The van der Waals surface area contributed by atoms with Crippen LogP contribution in [0.1, 0.15) is 5.56 Å². The zero-order valence-electron chi connectivity index (χ0n) is 8.56. The van der Waals surface area contributed by atoms with Crippen LogP contribution in [-0.4, -0.2) is 4.98 Å². The molecule has 0 bridgehead atoms. The summed E-state index contributed by atoms with van der Waals surface area (Å²) < 4.78 is 5.68. The molecule has 0 aliphatic rings. The molecule has 16 heavy (non-hydrogen) atoms. The summed E-state index contributed by atoms with van der Waals surface area (Å²) in [5, 5.41) is 0.392. The first-order valence-corrected chi connectivity index (χ1v) is 5.25. The fourth-order valence-electron chi connectivity index (χ4n) is 1.31. The van der Waals surface area contributed by atoms with Crippen LogP contribution in [0.2, 0.25) is 5.15 Å². The molecule has 0 atom stereocenters. The maximum absolute atomic E-state index is 5.81. The number of ether oxygens (including phenoxy) is 1. The number of hydrogen-bond acceptors (Lipinski definition) is 3. The van der Waals surface area contributed by atoms with Crippen LogP contribution in [0, 0.1) is 0 Å². The van der Waals surface area contributed by atoms with Gasteiger partial charge in [0.15, 0.2) is 0 Å². The average Bonchev–Trinajstić information content (AvgIpc) is 2.31. The van der Waals surface area contributed by atoms with Gasteiger partial charge in [0.25, 0.3) is 0 Å². The molecule has 4 heteroatoms. The SMILES string of the molecule is NCc1cnc(Cl)cc1Oc1ccccc1. The Morgan fingerprint density at radius 1 is 1.25 bits per heavy atom. The number of aromatic nitrogens is 1. The number of nitrogens with zero attached hydrogens (tertiary/aromatic N) is 1. The number of para-hydroxylation sites is 1. The highest BCUT2D eigenvalue weighted by Crippen LogP contribution is 2.26. The highest BCUT2D eigenvalue weighted by molar-refractivity contribution is 6.29. The molecule has 0 fully saturated rings. The average molecular weight is 235 g/mol. The molecule has 0 unspecified atom stereocenters. The zero-order chi connectivity index (χ0) is 11.4. The minimum atomic E-state index is 0.367. The first-order chi connectivity index (χ1) is 7.79. The van der Waals surface area contributed by atoms with Gasteiger partial charge in [0.2, 0.25) is 0 Å². The molecule has 0 saturated heterocycles. The van der Waals surface area contributed by atoms with Gasteiger partial charge in [-0.05, 0) is 12.1 Å². The molecule has 2 aromatic rings. The molecule has 0 spiro atoms. The first-order valence-electron chi connectivity index (χ1n) is 4.87.